The first-order valence-corrected chi connectivity index (χ1v) is 6.13. The molecule has 0 spiro atoms. The van der Waals surface area contributed by atoms with Crippen LogP contribution in [0.3, 0.4) is 0 Å². The van der Waals surface area contributed by atoms with Crippen molar-refractivity contribution in [2.75, 3.05) is 13.2 Å². The minimum Gasteiger partial charge on any atom is -0.465 e. The average molecular weight is 256 g/mol. The maximum Gasteiger partial charge on any atom is 0.302 e. The van der Waals surface area contributed by atoms with Gasteiger partial charge in [0.05, 0.1) is 12.7 Å². The van der Waals surface area contributed by atoms with Crippen LogP contribution in [0.25, 0.3) is 0 Å². The molecule has 6 heteroatoms. The topological polar surface area (TPSA) is 77.7 Å². The van der Waals surface area contributed by atoms with Crippen molar-refractivity contribution in [1.29, 1.82) is 0 Å². The molecule has 1 saturated carbocycles. The molecule has 0 aromatic rings. The van der Waals surface area contributed by atoms with Crippen molar-refractivity contribution in [3.63, 3.8) is 0 Å². The van der Waals surface area contributed by atoms with E-state index in [0.717, 1.165) is 6.42 Å². The van der Waals surface area contributed by atoms with Gasteiger partial charge in [0.15, 0.2) is 0 Å². The minimum atomic E-state index is -0.501. The molecule has 1 aliphatic carbocycles. The number of carbonyl (C=O) groups is 2. The molecule has 0 amide bonds. The van der Waals surface area contributed by atoms with Gasteiger partial charge in [-0.2, -0.15) is 0 Å². The summed E-state index contributed by atoms with van der Waals surface area (Å²) in [5, 5.41) is 0. The number of carbonyl (C=O) groups excluding carboxylic acids is 2. The van der Waals surface area contributed by atoms with Gasteiger partial charge >= 0.3 is 11.9 Å². The smallest absolute Gasteiger partial charge is 0.302 e. The number of ether oxygens (including phenoxy) is 4. The Morgan fingerprint density at radius 3 is 2.67 bits per heavy atom. The summed E-state index contributed by atoms with van der Waals surface area (Å²) >= 11 is 0. The Hall–Kier alpha value is -1.14. The fraction of sp³-hybridized carbons (Fsp3) is 0.833. The Kier molecular flexibility index (Phi) is 2.60. The van der Waals surface area contributed by atoms with E-state index in [-0.39, 0.29) is 42.8 Å². The van der Waals surface area contributed by atoms with E-state index in [0.29, 0.717) is 6.61 Å². The predicted molar refractivity (Wildman–Crippen MR) is 57.6 cm³/mol. The van der Waals surface area contributed by atoms with Crippen molar-refractivity contribution >= 4 is 11.9 Å². The molecule has 2 heterocycles. The van der Waals surface area contributed by atoms with Crippen LogP contribution in [0.5, 0.6) is 0 Å². The van der Waals surface area contributed by atoms with Gasteiger partial charge in [0.2, 0.25) is 0 Å². The molecule has 3 rings (SSSR count). The van der Waals surface area contributed by atoms with E-state index in [2.05, 4.69) is 0 Å². The molecule has 18 heavy (non-hydrogen) atoms. The van der Waals surface area contributed by atoms with Crippen molar-refractivity contribution in [1.82, 2.24) is 0 Å². The molecule has 0 unspecified atom stereocenters. The van der Waals surface area contributed by atoms with Crippen LogP contribution in [-0.4, -0.2) is 49.1 Å². The summed E-state index contributed by atoms with van der Waals surface area (Å²) in [5.74, 6) is -0.605. The first-order valence-electron chi connectivity index (χ1n) is 6.13. The van der Waals surface area contributed by atoms with Crippen LogP contribution in [0.2, 0.25) is 0 Å². The third kappa shape index (κ3) is 1.89. The van der Waals surface area contributed by atoms with Gasteiger partial charge in [-0.05, 0) is 6.42 Å². The summed E-state index contributed by atoms with van der Waals surface area (Å²) in [4.78, 5) is 21.8. The van der Waals surface area contributed by atoms with Crippen LogP contribution in [-0.2, 0) is 28.5 Å². The largest absolute Gasteiger partial charge is 0.465 e. The highest BCUT2D eigenvalue weighted by Crippen LogP contribution is 2.58. The van der Waals surface area contributed by atoms with Gasteiger partial charge < -0.3 is 18.9 Å². The second-order valence-corrected chi connectivity index (χ2v) is 5.15. The lowest BCUT2D eigenvalue weighted by atomic mass is 9.80. The SMILES string of the molecule is CC(=O)OC[C@H]1C[C@@H]2O[C@H]2[C@@H]2O[C@]12COC(C)=O. The molecule has 0 aromatic heterocycles. The molecule has 0 radical (unpaired) electrons. The molecule has 2 saturated heterocycles. The molecule has 2 aliphatic heterocycles. The monoisotopic (exact) mass is 256 g/mol. The Balaban J connectivity index is 1.66. The number of epoxide rings is 2. The number of fused-ring (bicyclic) bond motifs is 3. The lowest BCUT2D eigenvalue weighted by molar-refractivity contribution is -0.148. The molecule has 0 bridgehead atoms. The van der Waals surface area contributed by atoms with E-state index in [1.54, 1.807) is 0 Å². The Morgan fingerprint density at radius 2 is 2.00 bits per heavy atom. The summed E-state index contributed by atoms with van der Waals surface area (Å²) in [6.07, 6.45) is 1.12. The third-order valence-electron chi connectivity index (χ3n) is 3.89. The molecule has 0 aromatic carbocycles. The third-order valence-corrected chi connectivity index (χ3v) is 3.89. The van der Waals surface area contributed by atoms with E-state index >= 15 is 0 Å². The molecule has 3 aliphatic rings. The fourth-order valence-corrected chi connectivity index (χ4v) is 2.84. The highest BCUT2D eigenvalue weighted by atomic mass is 16.7. The van der Waals surface area contributed by atoms with Crippen LogP contribution < -0.4 is 0 Å². The maximum atomic E-state index is 10.9. The predicted octanol–water partition coefficient (Wildman–Crippen LogP) is 0.0375. The van der Waals surface area contributed by atoms with Crippen LogP contribution in [0.15, 0.2) is 0 Å². The van der Waals surface area contributed by atoms with Gasteiger partial charge in [-0.25, -0.2) is 0 Å². The second-order valence-electron chi connectivity index (χ2n) is 5.15. The van der Waals surface area contributed by atoms with Crippen LogP contribution in [0, 0.1) is 5.92 Å². The fourth-order valence-electron chi connectivity index (χ4n) is 2.84. The normalized spacial score (nSPS) is 43.4. The molecule has 3 fully saturated rings. The van der Waals surface area contributed by atoms with Gasteiger partial charge in [0.25, 0.3) is 0 Å². The van der Waals surface area contributed by atoms with Crippen molar-refractivity contribution in [3.8, 4) is 0 Å². The number of hydrogen-bond donors (Lipinski definition) is 0. The Bertz CT molecular complexity index is 394. The zero-order chi connectivity index (χ0) is 12.9. The minimum absolute atomic E-state index is 0.0174. The highest BCUT2D eigenvalue weighted by Gasteiger charge is 2.75. The highest BCUT2D eigenvalue weighted by molar-refractivity contribution is 5.66. The summed E-state index contributed by atoms with van der Waals surface area (Å²) in [5.41, 5.74) is -0.501. The van der Waals surface area contributed by atoms with Crippen LogP contribution >= 0.6 is 0 Å². The Morgan fingerprint density at radius 1 is 1.28 bits per heavy atom. The molecule has 0 N–H and O–H groups in total. The average Bonchev–Trinajstić information content (AvgIpc) is 3.14. The van der Waals surface area contributed by atoms with Crippen molar-refractivity contribution in [2.24, 2.45) is 5.92 Å². The number of rotatable bonds is 4. The standard InChI is InChI=1S/C12H16O6/c1-6(13)15-4-8-3-9-10(17-9)11-12(8,18-11)5-16-7(2)14/h8-11H,3-5H2,1-2H3/t8-,9+,10-,11+,12-/m1/s1. The van der Waals surface area contributed by atoms with E-state index in [9.17, 15) is 9.59 Å². The van der Waals surface area contributed by atoms with Gasteiger partial charge in [0.1, 0.15) is 24.4 Å². The van der Waals surface area contributed by atoms with E-state index in [4.69, 9.17) is 18.9 Å². The Labute approximate surface area is 105 Å². The summed E-state index contributed by atoms with van der Waals surface area (Å²) < 4.78 is 21.3. The van der Waals surface area contributed by atoms with E-state index < -0.39 is 5.60 Å². The van der Waals surface area contributed by atoms with Gasteiger partial charge in [0, 0.05) is 19.8 Å². The van der Waals surface area contributed by atoms with Crippen LogP contribution in [0.1, 0.15) is 20.3 Å². The van der Waals surface area contributed by atoms with Gasteiger partial charge in [-0.15, -0.1) is 0 Å². The van der Waals surface area contributed by atoms with Crippen molar-refractivity contribution in [3.05, 3.63) is 0 Å². The second kappa shape index (κ2) is 3.93. The van der Waals surface area contributed by atoms with E-state index in [1.807, 2.05) is 0 Å². The lowest BCUT2D eigenvalue weighted by Crippen LogP contribution is -2.41. The summed E-state index contributed by atoms with van der Waals surface area (Å²) in [6, 6.07) is 0. The first kappa shape index (κ1) is 11.9. The first-order chi connectivity index (χ1) is 8.53. The summed E-state index contributed by atoms with van der Waals surface area (Å²) in [6.45, 7) is 3.25. The molecular formula is C12H16O6. The maximum absolute atomic E-state index is 10.9. The van der Waals surface area contributed by atoms with Gasteiger partial charge in [-0.3, -0.25) is 9.59 Å². The van der Waals surface area contributed by atoms with Crippen LogP contribution in [0.4, 0.5) is 0 Å². The molecule has 5 atom stereocenters. The quantitative estimate of drug-likeness (QED) is 0.522. The zero-order valence-electron chi connectivity index (χ0n) is 10.4. The number of hydrogen-bond acceptors (Lipinski definition) is 6. The zero-order valence-corrected chi connectivity index (χ0v) is 10.4. The molecule has 100 valence electrons. The van der Waals surface area contributed by atoms with Crippen molar-refractivity contribution < 1.29 is 28.5 Å². The summed E-state index contributed by atoms with van der Waals surface area (Å²) in [7, 11) is 0. The molecule has 6 nitrogen and oxygen atoms in total. The molecular weight excluding hydrogens is 240 g/mol. The van der Waals surface area contributed by atoms with Gasteiger partial charge in [-0.1, -0.05) is 0 Å². The van der Waals surface area contributed by atoms with E-state index in [1.165, 1.54) is 13.8 Å². The lowest BCUT2D eigenvalue weighted by Gasteiger charge is -2.25. The number of esters is 2. The van der Waals surface area contributed by atoms with Crippen molar-refractivity contribution in [2.45, 2.75) is 44.2 Å².